The fourth-order valence-electron chi connectivity index (χ4n) is 2.57. The minimum atomic E-state index is -0.0192. The molecule has 1 aliphatic rings. The van der Waals surface area contributed by atoms with Crippen molar-refractivity contribution in [3.05, 3.63) is 18.2 Å². The maximum Gasteiger partial charge on any atom is 0.315 e. The molecule has 0 spiro atoms. The molecule has 2 amide bonds. The smallest absolute Gasteiger partial charge is 0.315 e. The van der Waals surface area contributed by atoms with Crippen molar-refractivity contribution < 1.29 is 4.79 Å². The second kappa shape index (κ2) is 7.16. The number of nitrogens with one attached hydrogen (secondary N) is 2. The van der Waals surface area contributed by atoms with Gasteiger partial charge in [-0.1, -0.05) is 19.3 Å². The van der Waals surface area contributed by atoms with E-state index in [1.54, 1.807) is 6.20 Å². The van der Waals surface area contributed by atoms with E-state index in [9.17, 15) is 4.79 Å². The Kier molecular flexibility index (Phi) is 5.24. The summed E-state index contributed by atoms with van der Waals surface area (Å²) in [5.74, 6) is 1.02. The van der Waals surface area contributed by atoms with E-state index < -0.39 is 0 Å². The minimum absolute atomic E-state index is 0.0192. The first-order valence-corrected chi connectivity index (χ1v) is 7.28. The van der Waals surface area contributed by atoms with E-state index in [1.165, 1.54) is 19.3 Å². The SMILES string of the molecule is Cc1nccn1CCCNC(=O)NC1CCCCC1. The third-order valence-corrected chi connectivity index (χ3v) is 3.73. The molecule has 2 rings (SSSR count). The van der Waals surface area contributed by atoms with E-state index in [4.69, 9.17) is 0 Å². The number of carbonyl (C=O) groups is 1. The molecular weight excluding hydrogens is 240 g/mol. The van der Waals surface area contributed by atoms with Crippen molar-refractivity contribution in [2.24, 2.45) is 0 Å². The highest BCUT2D eigenvalue weighted by molar-refractivity contribution is 5.74. The second-order valence-electron chi connectivity index (χ2n) is 5.26. The highest BCUT2D eigenvalue weighted by Crippen LogP contribution is 2.17. The lowest BCUT2D eigenvalue weighted by Crippen LogP contribution is -2.43. The summed E-state index contributed by atoms with van der Waals surface area (Å²) in [6.07, 6.45) is 10.7. The van der Waals surface area contributed by atoms with E-state index in [1.807, 2.05) is 13.1 Å². The van der Waals surface area contributed by atoms with Crippen LogP contribution in [0.5, 0.6) is 0 Å². The van der Waals surface area contributed by atoms with Gasteiger partial charge >= 0.3 is 6.03 Å². The predicted molar refractivity (Wildman–Crippen MR) is 75.0 cm³/mol. The number of hydrogen-bond donors (Lipinski definition) is 2. The molecule has 1 aromatic rings. The van der Waals surface area contributed by atoms with Crippen LogP contribution in [0, 0.1) is 6.92 Å². The summed E-state index contributed by atoms with van der Waals surface area (Å²) in [5.41, 5.74) is 0. The molecular formula is C14H24N4O. The number of aryl methyl sites for hydroxylation is 2. The number of amides is 2. The normalized spacial score (nSPS) is 16.3. The lowest BCUT2D eigenvalue weighted by atomic mass is 9.96. The Morgan fingerprint density at radius 2 is 2.21 bits per heavy atom. The maximum atomic E-state index is 11.7. The lowest BCUT2D eigenvalue weighted by Gasteiger charge is -2.22. The number of nitrogens with zero attached hydrogens (tertiary/aromatic N) is 2. The van der Waals surface area contributed by atoms with Crippen LogP contribution in [0.4, 0.5) is 4.79 Å². The number of hydrogen-bond acceptors (Lipinski definition) is 2. The van der Waals surface area contributed by atoms with Gasteiger partial charge in [-0.05, 0) is 26.2 Å². The largest absolute Gasteiger partial charge is 0.338 e. The van der Waals surface area contributed by atoms with Gasteiger partial charge in [0.05, 0.1) is 0 Å². The van der Waals surface area contributed by atoms with E-state index in [0.717, 1.165) is 31.6 Å². The van der Waals surface area contributed by atoms with Crippen molar-refractivity contribution in [2.75, 3.05) is 6.54 Å². The Morgan fingerprint density at radius 1 is 1.42 bits per heavy atom. The third-order valence-electron chi connectivity index (χ3n) is 3.73. The highest BCUT2D eigenvalue weighted by atomic mass is 16.2. The first-order valence-electron chi connectivity index (χ1n) is 7.28. The number of imidazole rings is 1. The predicted octanol–water partition coefficient (Wildman–Crippen LogP) is 2.21. The van der Waals surface area contributed by atoms with Gasteiger partial charge in [-0.25, -0.2) is 9.78 Å². The van der Waals surface area contributed by atoms with Crippen LogP contribution in [0.1, 0.15) is 44.3 Å². The summed E-state index contributed by atoms with van der Waals surface area (Å²) in [7, 11) is 0. The van der Waals surface area contributed by atoms with Crippen LogP contribution in [-0.2, 0) is 6.54 Å². The van der Waals surface area contributed by atoms with Gasteiger partial charge < -0.3 is 15.2 Å². The molecule has 5 heteroatoms. The van der Waals surface area contributed by atoms with Crippen molar-refractivity contribution in [2.45, 2.75) is 58.0 Å². The van der Waals surface area contributed by atoms with Gasteiger partial charge in [0.1, 0.15) is 5.82 Å². The molecule has 0 aromatic carbocycles. The van der Waals surface area contributed by atoms with Crippen molar-refractivity contribution in [3.8, 4) is 0 Å². The number of rotatable bonds is 5. The van der Waals surface area contributed by atoms with Gasteiger partial charge in [0, 0.05) is 31.5 Å². The average molecular weight is 264 g/mol. The van der Waals surface area contributed by atoms with Crippen LogP contribution >= 0.6 is 0 Å². The van der Waals surface area contributed by atoms with Gasteiger partial charge in [-0.2, -0.15) is 0 Å². The molecule has 19 heavy (non-hydrogen) atoms. The van der Waals surface area contributed by atoms with Gasteiger partial charge in [0.25, 0.3) is 0 Å². The number of aromatic nitrogens is 2. The fraction of sp³-hybridized carbons (Fsp3) is 0.714. The molecule has 2 N–H and O–H groups in total. The first kappa shape index (κ1) is 13.9. The van der Waals surface area contributed by atoms with Crippen LogP contribution in [0.25, 0.3) is 0 Å². The van der Waals surface area contributed by atoms with Gasteiger partial charge in [-0.15, -0.1) is 0 Å². The van der Waals surface area contributed by atoms with Crippen molar-refractivity contribution in [3.63, 3.8) is 0 Å². The van der Waals surface area contributed by atoms with Crippen LogP contribution in [0.15, 0.2) is 12.4 Å². The molecule has 0 bridgehead atoms. The van der Waals surface area contributed by atoms with Crippen molar-refractivity contribution in [1.29, 1.82) is 0 Å². The summed E-state index contributed by atoms with van der Waals surface area (Å²) in [6.45, 7) is 3.59. The summed E-state index contributed by atoms with van der Waals surface area (Å²) in [4.78, 5) is 15.9. The van der Waals surface area contributed by atoms with Crippen LogP contribution in [0.3, 0.4) is 0 Å². The fourth-order valence-corrected chi connectivity index (χ4v) is 2.57. The topological polar surface area (TPSA) is 59.0 Å². The number of carbonyl (C=O) groups excluding carboxylic acids is 1. The first-order chi connectivity index (χ1) is 9.25. The van der Waals surface area contributed by atoms with E-state index in [2.05, 4.69) is 20.2 Å². The van der Waals surface area contributed by atoms with Crippen LogP contribution in [0.2, 0.25) is 0 Å². The average Bonchev–Trinajstić information content (AvgIpc) is 2.81. The summed E-state index contributed by atoms with van der Waals surface area (Å²) in [5, 5.41) is 5.98. The van der Waals surface area contributed by atoms with Gasteiger partial charge in [0.15, 0.2) is 0 Å². The molecule has 1 saturated carbocycles. The number of urea groups is 1. The zero-order chi connectivity index (χ0) is 13.5. The molecule has 5 nitrogen and oxygen atoms in total. The summed E-state index contributed by atoms with van der Waals surface area (Å²) >= 11 is 0. The highest BCUT2D eigenvalue weighted by Gasteiger charge is 2.14. The Hall–Kier alpha value is -1.52. The van der Waals surface area contributed by atoms with Gasteiger partial charge in [-0.3, -0.25) is 0 Å². The molecule has 1 heterocycles. The van der Waals surface area contributed by atoms with Crippen molar-refractivity contribution in [1.82, 2.24) is 20.2 Å². The monoisotopic (exact) mass is 264 g/mol. The van der Waals surface area contributed by atoms with E-state index in [-0.39, 0.29) is 6.03 Å². The quantitative estimate of drug-likeness (QED) is 0.801. The molecule has 1 fully saturated rings. The van der Waals surface area contributed by atoms with Gasteiger partial charge in [0.2, 0.25) is 0 Å². The van der Waals surface area contributed by atoms with Crippen LogP contribution in [-0.4, -0.2) is 28.2 Å². The van der Waals surface area contributed by atoms with Crippen LogP contribution < -0.4 is 10.6 Å². The Labute approximate surface area is 114 Å². The van der Waals surface area contributed by atoms with Crippen molar-refractivity contribution >= 4 is 6.03 Å². The molecule has 0 aliphatic heterocycles. The summed E-state index contributed by atoms with van der Waals surface area (Å²) in [6, 6.07) is 0.360. The third kappa shape index (κ3) is 4.58. The molecule has 106 valence electrons. The Bertz CT molecular complexity index is 396. The lowest BCUT2D eigenvalue weighted by molar-refractivity contribution is 0.232. The Balaban J connectivity index is 1.57. The molecule has 1 aromatic heterocycles. The maximum absolute atomic E-state index is 11.7. The molecule has 0 unspecified atom stereocenters. The Morgan fingerprint density at radius 3 is 2.89 bits per heavy atom. The zero-order valence-corrected chi connectivity index (χ0v) is 11.7. The molecule has 0 saturated heterocycles. The second-order valence-corrected chi connectivity index (χ2v) is 5.26. The van der Waals surface area contributed by atoms with E-state index in [0.29, 0.717) is 12.6 Å². The molecule has 0 atom stereocenters. The van der Waals surface area contributed by atoms with E-state index >= 15 is 0 Å². The minimum Gasteiger partial charge on any atom is -0.338 e. The standard InChI is InChI=1S/C14H24N4O/c1-12-15-9-11-18(12)10-5-8-16-14(19)17-13-6-3-2-4-7-13/h9,11,13H,2-8,10H2,1H3,(H2,16,17,19). The zero-order valence-electron chi connectivity index (χ0n) is 11.7. The molecule has 0 radical (unpaired) electrons. The molecule has 1 aliphatic carbocycles. The summed E-state index contributed by atoms with van der Waals surface area (Å²) < 4.78 is 2.10.